The van der Waals surface area contributed by atoms with E-state index in [1.165, 1.54) is 0 Å². The Morgan fingerprint density at radius 2 is 1.32 bits per heavy atom. The molecule has 2 aliphatic rings. The molecule has 73 heavy (non-hydrogen) atoms. The first-order valence-electron chi connectivity index (χ1n) is 25.5. The molecule has 0 saturated carbocycles. The molecular weight excluding hydrogens is 958 g/mol. The van der Waals surface area contributed by atoms with E-state index in [0.717, 1.165) is 31.2 Å². The van der Waals surface area contributed by atoms with Gasteiger partial charge in [-0.15, -0.1) is 16.6 Å². The number of amides is 2. The Hall–Kier alpha value is -5.74. The number of ether oxygens (including phenoxy) is 3. The van der Waals surface area contributed by atoms with Gasteiger partial charge in [0.15, 0.2) is 0 Å². The summed E-state index contributed by atoms with van der Waals surface area (Å²) in [5, 5.41) is 30.8. The van der Waals surface area contributed by atoms with E-state index < -0.39 is 12.1 Å². The zero-order valence-corrected chi connectivity index (χ0v) is 43.7. The van der Waals surface area contributed by atoms with Crippen molar-refractivity contribution in [2.75, 3.05) is 120 Å². The van der Waals surface area contributed by atoms with Crippen LogP contribution in [-0.2, 0) is 30.2 Å². The maximum absolute atomic E-state index is 14.5. The highest BCUT2D eigenvalue weighted by atomic mass is 35.5. The molecule has 0 spiro atoms. The van der Waals surface area contributed by atoms with Crippen LogP contribution in [0.25, 0.3) is 0 Å². The fourth-order valence-corrected chi connectivity index (χ4v) is 8.58. The standard InChI is InChI=1S/C49H77N17O6.ClH/c1-6-25-70-27-29-72-30-28-71-26-16-53-47-54-48(63-21-17-61(18-22-63)45(68)42(10-8-9-15-50)65-34-41(58-60-65)44(52)36(5)7-2)56-49(55-47)64-23-19-62(20-24-64)46(69)43(32-37-11-13-38(67)14-12-37)66-33-40(57-59-66)39(51)31-35(3)4;/h1,11-14,33-36,39,42-44,67H,7-10,15-32,50-52H2,2-5H3,(H,53,54,55,56);1H/p-1/t36?,39-,42-,43-,44-;/m0./s1. The minimum atomic E-state index is -0.691. The van der Waals surface area contributed by atoms with Crippen molar-refractivity contribution in [3.05, 3.63) is 53.6 Å². The number of terminal acetylenes is 1. The fourth-order valence-electron chi connectivity index (χ4n) is 8.58. The number of benzene rings is 1. The monoisotopic (exact) mass is 1030 g/mol. The number of carbonyl (C=O) groups excluding carboxylic acids is 2. The molecule has 2 saturated heterocycles. The highest BCUT2D eigenvalue weighted by molar-refractivity contribution is 5.81. The van der Waals surface area contributed by atoms with E-state index in [-0.39, 0.29) is 54.6 Å². The van der Waals surface area contributed by atoms with Crippen LogP contribution in [0.3, 0.4) is 0 Å². The van der Waals surface area contributed by atoms with Crippen molar-refractivity contribution in [1.82, 2.24) is 54.7 Å². The normalized spacial score (nSPS) is 16.2. The number of phenols is 1. The van der Waals surface area contributed by atoms with Crippen molar-refractivity contribution >= 4 is 29.7 Å². The second-order valence-electron chi connectivity index (χ2n) is 18.9. The summed E-state index contributed by atoms with van der Waals surface area (Å²) in [5.41, 5.74) is 21.0. The molecule has 23 nitrogen and oxygen atoms in total. The summed E-state index contributed by atoms with van der Waals surface area (Å²) in [4.78, 5) is 51.3. The average molecular weight is 1040 g/mol. The van der Waals surface area contributed by atoms with E-state index in [1.54, 1.807) is 39.8 Å². The Kier molecular flexibility index (Phi) is 23.8. The number of phenolic OH excluding ortho intramolecular Hbond substituents is 1. The first-order chi connectivity index (χ1) is 34.9. The molecule has 0 aliphatic carbocycles. The van der Waals surface area contributed by atoms with E-state index in [0.29, 0.717) is 146 Å². The van der Waals surface area contributed by atoms with Crippen LogP contribution in [0.5, 0.6) is 5.75 Å². The first kappa shape index (κ1) is 58.2. The maximum atomic E-state index is 14.5. The molecule has 1 unspecified atom stereocenters. The van der Waals surface area contributed by atoms with E-state index in [9.17, 15) is 14.7 Å². The fraction of sp³-hybridized carbons (Fsp3) is 0.653. The molecule has 2 aliphatic heterocycles. The average Bonchev–Trinajstić information content (AvgIpc) is 4.10. The summed E-state index contributed by atoms with van der Waals surface area (Å²) in [5.74, 6) is 4.33. The molecule has 2 amide bonds. The summed E-state index contributed by atoms with van der Waals surface area (Å²) in [6.07, 6.45) is 12.9. The van der Waals surface area contributed by atoms with Crippen molar-refractivity contribution < 1.29 is 41.3 Å². The number of halogens is 1. The topological polar surface area (TPSA) is 285 Å². The Labute approximate surface area is 435 Å². The van der Waals surface area contributed by atoms with Gasteiger partial charge >= 0.3 is 0 Å². The zero-order valence-electron chi connectivity index (χ0n) is 43.0. The molecule has 4 aromatic rings. The Bertz CT molecular complexity index is 2300. The Morgan fingerprint density at radius 1 is 0.767 bits per heavy atom. The number of nitrogens with two attached hydrogens (primary N) is 3. The van der Waals surface area contributed by atoms with Gasteiger partial charge in [-0.25, -0.2) is 9.36 Å². The Balaban J connectivity index is 0.00000988. The Morgan fingerprint density at radius 3 is 1.89 bits per heavy atom. The lowest BCUT2D eigenvalue weighted by atomic mass is 9.98. The molecule has 0 bridgehead atoms. The molecular formula is C49H77ClN17O6-. The van der Waals surface area contributed by atoms with E-state index in [4.69, 9.17) is 52.8 Å². The van der Waals surface area contributed by atoms with Crippen LogP contribution in [0.1, 0.15) is 101 Å². The quantitative estimate of drug-likeness (QED) is 0.0326. The third-order valence-electron chi connectivity index (χ3n) is 13.1. The smallest absolute Gasteiger partial charge is 0.247 e. The van der Waals surface area contributed by atoms with Gasteiger partial charge in [0, 0.05) is 65.3 Å². The lowest BCUT2D eigenvalue weighted by Crippen LogP contribution is -3.00. The van der Waals surface area contributed by atoms with Crippen LogP contribution < -0.4 is 44.7 Å². The number of carbonyl (C=O) groups is 2. The second-order valence-corrected chi connectivity index (χ2v) is 18.9. The van der Waals surface area contributed by atoms with Crippen LogP contribution in [0.4, 0.5) is 17.8 Å². The van der Waals surface area contributed by atoms with Gasteiger partial charge in [0.1, 0.15) is 24.4 Å². The van der Waals surface area contributed by atoms with Gasteiger partial charge in [0.05, 0.1) is 68.9 Å². The SMILES string of the molecule is C#CCOCCOCCOCCNc1nc(N2CCN(C(=O)[C@H](CCCCN)n3cc([C@@H](N)C(C)CC)nn3)CC2)nc(N2CCN(C(=O)[C@H](Cc3ccc(O)cc3)n3cc([C@@H](N)CC(C)C)nn3)CC2)n1.[Cl-]. The predicted octanol–water partition coefficient (Wildman–Crippen LogP) is -0.898. The van der Waals surface area contributed by atoms with Gasteiger partial charge in [-0.1, -0.05) is 62.6 Å². The summed E-state index contributed by atoms with van der Waals surface area (Å²) < 4.78 is 19.9. The number of hydrogen-bond acceptors (Lipinski definition) is 19. The van der Waals surface area contributed by atoms with Crippen LogP contribution in [0.15, 0.2) is 36.7 Å². The van der Waals surface area contributed by atoms with Crippen molar-refractivity contribution in [2.45, 2.75) is 90.4 Å². The zero-order chi connectivity index (χ0) is 51.4. The third kappa shape index (κ3) is 17.2. The van der Waals surface area contributed by atoms with Crippen LogP contribution in [-0.4, -0.2) is 177 Å². The summed E-state index contributed by atoms with van der Waals surface area (Å²) in [7, 11) is 0. The summed E-state index contributed by atoms with van der Waals surface area (Å²) in [6, 6.07) is 5.02. The number of nitrogens with zero attached hydrogens (tertiary/aromatic N) is 13. The molecule has 5 heterocycles. The maximum Gasteiger partial charge on any atom is 0.247 e. The number of rotatable bonds is 29. The van der Waals surface area contributed by atoms with Crippen molar-refractivity contribution in [3.63, 3.8) is 0 Å². The molecule has 1 aromatic carbocycles. The first-order valence-corrected chi connectivity index (χ1v) is 25.5. The van der Waals surface area contributed by atoms with Crippen LogP contribution in [0, 0.1) is 24.2 Å². The van der Waals surface area contributed by atoms with Crippen LogP contribution >= 0.6 is 0 Å². The molecule has 8 N–H and O–H groups in total. The number of aromatic hydroxyl groups is 1. The van der Waals surface area contributed by atoms with Gasteiger partial charge in [0.25, 0.3) is 0 Å². The van der Waals surface area contributed by atoms with Crippen molar-refractivity contribution in [3.8, 4) is 18.1 Å². The number of nitrogens with one attached hydrogen (secondary N) is 1. The van der Waals surface area contributed by atoms with Gasteiger partial charge in [0.2, 0.25) is 29.7 Å². The largest absolute Gasteiger partial charge is 1.00 e. The molecule has 402 valence electrons. The molecule has 24 heteroatoms. The second kappa shape index (κ2) is 29.8. The minimum absolute atomic E-state index is 0. The highest BCUT2D eigenvalue weighted by Gasteiger charge is 2.34. The number of anilines is 3. The molecule has 0 radical (unpaired) electrons. The van der Waals surface area contributed by atoms with Crippen molar-refractivity contribution in [1.29, 1.82) is 0 Å². The van der Waals surface area contributed by atoms with Gasteiger partial charge in [-0.2, -0.15) is 15.0 Å². The van der Waals surface area contributed by atoms with E-state index >= 15 is 0 Å². The predicted molar refractivity (Wildman–Crippen MR) is 273 cm³/mol. The summed E-state index contributed by atoms with van der Waals surface area (Å²) in [6.45, 7) is 15.2. The highest BCUT2D eigenvalue weighted by Crippen LogP contribution is 2.27. The van der Waals surface area contributed by atoms with Gasteiger partial charge in [-0.05, 0) is 61.8 Å². The summed E-state index contributed by atoms with van der Waals surface area (Å²) >= 11 is 0. The van der Waals surface area contributed by atoms with Gasteiger partial charge < -0.3 is 73.8 Å². The lowest BCUT2D eigenvalue weighted by Gasteiger charge is -2.38. The molecule has 6 rings (SSSR count). The van der Waals surface area contributed by atoms with Gasteiger partial charge in [-0.3, -0.25) is 9.59 Å². The van der Waals surface area contributed by atoms with E-state index in [2.05, 4.69) is 69.4 Å². The number of unbranched alkanes of at least 4 members (excludes halogenated alkanes) is 1. The molecule has 2 fully saturated rings. The molecule has 5 atom stereocenters. The van der Waals surface area contributed by atoms with E-state index in [1.807, 2.05) is 16.0 Å². The number of aromatic nitrogens is 9. The third-order valence-corrected chi connectivity index (χ3v) is 13.1. The van der Waals surface area contributed by atoms with Crippen molar-refractivity contribution in [2.24, 2.45) is 29.0 Å². The number of hydrogen-bond donors (Lipinski definition) is 5. The lowest BCUT2D eigenvalue weighted by molar-refractivity contribution is -0.136. The van der Waals surface area contributed by atoms with Crippen LogP contribution in [0.2, 0.25) is 0 Å². The minimum Gasteiger partial charge on any atom is -1.00 e. The number of piperazine rings is 2. The molecule has 3 aromatic heterocycles.